The van der Waals surface area contributed by atoms with E-state index < -0.39 is 0 Å². The van der Waals surface area contributed by atoms with Crippen LogP contribution in [0.1, 0.15) is 31.2 Å². The molecule has 1 atom stereocenters. The Kier molecular flexibility index (Phi) is 5.79. The first-order valence-electron chi connectivity index (χ1n) is 7.03. The maximum absolute atomic E-state index is 13.8. The molecule has 1 aromatic carbocycles. The third-order valence-electron chi connectivity index (χ3n) is 3.86. The minimum absolute atomic E-state index is 0.0962. The molecule has 1 aliphatic heterocycles. The lowest BCUT2D eigenvalue weighted by Crippen LogP contribution is -2.40. The summed E-state index contributed by atoms with van der Waals surface area (Å²) in [7, 11) is 1.99. The second kappa shape index (κ2) is 7.36. The molecule has 1 saturated heterocycles. The Balaban J connectivity index is 2.04. The highest BCUT2D eigenvalue weighted by atomic mass is 79.9. The van der Waals surface area contributed by atoms with E-state index in [4.69, 9.17) is 0 Å². The summed E-state index contributed by atoms with van der Waals surface area (Å²) < 4.78 is 14.8. The molecule has 4 heteroatoms. The molecule has 2 nitrogen and oxygen atoms in total. The van der Waals surface area contributed by atoms with Crippen molar-refractivity contribution < 1.29 is 4.39 Å². The van der Waals surface area contributed by atoms with Gasteiger partial charge in [0.15, 0.2) is 0 Å². The SMILES string of the molecule is CNCCC1CCCCN1Cc1cc(Br)ccc1F. The number of nitrogens with zero attached hydrogens (tertiary/aromatic N) is 1. The van der Waals surface area contributed by atoms with Crippen LogP contribution in [0.5, 0.6) is 0 Å². The van der Waals surface area contributed by atoms with Crippen LogP contribution in [0.3, 0.4) is 0 Å². The molecule has 19 heavy (non-hydrogen) atoms. The number of rotatable bonds is 5. The molecule has 1 N–H and O–H groups in total. The molecule has 1 heterocycles. The van der Waals surface area contributed by atoms with Crippen LogP contribution in [0, 0.1) is 5.82 Å². The van der Waals surface area contributed by atoms with Crippen molar-refractivity contribution >= 4 is 15.9 Å². The molecule has 1 aliphatic rings. The molecule has 0 bridgehead atoms. The molecule has 0 radical (unpaired) electrons. The standard InChI is InChI=1S/C15H22BrFN2/c1-18-8-7-14-4-2-3-9-19(14)11-12-10-13(16)5-6-15(12)17/h5-6,10,14,18H,2-4,7-9,11H2,1H3. The number of benzene rings is 1. The number of nitrogens with one attached hydrogen (secondary N) is 1. The van der Waals surface area contributed by atoms with E-state index in [-0.39, 0.29) is 5.82 Å². The van der Waals surface area contributed by atoms with E-state index in [1.54, 1.807) is 12.1 Å². The molecule has 2 rings (SSSR count). The van der Waals surface area contributed by atoms with Gasteiger partial charge in [0.25, 0.3) is 0 Å². The van der Waals surface area contributed by atoms with Crippen LogP contribution >= 0.6 is 15.9 Å². The van der Waals surface area contributed by atoms with Gasteiger partial charge in [0, 0.05) is 22.6 Å². The van der Waals surface area contributed by atoms with Crippen LogP contribution in [0.2, 0.25) is 0 Å². The van der Waals surface area contributed by atoms with Crippen molar-refractivity contribution in [3.05, 3.63) is 34.1 Å². The van der Waals surface area contributed by atoms with Crippen molar-refractivity contribution in [2.75, 3.05) is 20.1 Å². The molecule has 0 amide bonds. The monoisotopic (exact) mass is 328 g/mol. The Morgan fingerprint density at radius 1 is 1.42 bits per heavy atom. The minimum atomic E-state index is -0.0962. The number of piperidine rings is 1. The highest BCUT2D eigenvalue weighted by Gasteiger charge is 2.22. The topological polar surface area (TPSA) is 15.3 Å². The van der Waals surface area contributed by atoms with Gasteiger partial charge in [-0.1, -0.05) is 22.4 Å². The molecule has 106 valence electrons. The Labute approximate surface area is 123 Å². The quantitative estimate of drug-likeness (QED) is 0.889. The second-order valence-corrected chi connectivity index (χ2v) is 6.16. The zero-order valence-electron chi connectivity index (χ0n) is 11.5. The van der Waals surface area contributed by atoms with Crippen molar-refractivity contribution in [1.82, 2.24) is 10.2 Å². The lowest BCUT2D eigenvalue weighted by molar-refractivity contribution is 0.131. The predicted octanol–water partition coefficient (Wildman–Crippen LogP) is 3.55. The van der Waals surface area contributed by atoms with Gasteiger partial charge in [-0.3, -0.25) is 4.90 Å². The average molecular weight is 329 g/mol. The van der Waals surface area contributed by atoms with Crippen LogP contribution < -0.4 is 5.32 Å². The van der Waals surface area contributed by atoms with Gasteiger partial charge < -0.3 is 5.32 Å². The predicted molar refractivity (Wildman–Crippen MR) is 80.7 cm³/mol. The molecular formula is C15H22BrFN2. The Bertz CT molecular complexity index is 411. The third-order valence-corrected chi connectivity index (χ3v) is 4.35. The first kappa shape index (κ1) is 14.9. The maximum Gasteiger partial charge on any atom is 0.127 e. The summed E-state index contributed by atoms with van der Waals surface area (Å²) in [6.45, 7) is 2.84. The molecule has 0 aromatic heterocycles. The summed E-state index contributed by atoms with van der Waals surface area (Å²) in [5, 5.41) is 3.21. The van der Waals surface area contributed by atoms with E-state index in [1.807, 2.05) is 13.1 Å². The normalized spacial score (nSPS) is 20.7. The smallest absolute Gasteiger partial charge is 0.127 e. The zero-order chi connectivity index (χ0) is 13.7. The second-order valence-electron chi connectivity index (χ2n) is 5.25. The summed E-state index contributed by atoms with van der Waals surface area (Å²) >= 11 is 3.42. The molecule has 0 saturated carbocycles. The van der Waals surface area contributed by atoms with Crippen molar-refractivity contribution in [2.45, 2.75) is 38.3 Å². The summed E-state index contributed by atoms with van der Waals surface area (Å²) in [6, 6.07) is 5.79. The fourth-order valence-corrected chi connectivity index (χ4v) is 3.20. The number of hydrogen-bond donors (Lipinski definition) is 1. The third kappa shape index (κ3) is 4.26. The lowest BCUT2D eigenvalue weighted by Gasteiger charge is -2.36. The van der Waals surface area contributed by atoms with Crippen molar-refractivity contribution in [1.29, 1.82) is 0 Å². The average Bonchev–Trinajstić information content (AvgIpc) is 2.42. The first-order valence-corrected chi connectivity index (χ1v) is 7.82. The van der Waals surface area contributed by atoms with E-state index in [0.29, 0.717) is 6.04 Å². The lowest BCUT2D eigenvalue weighted by atomic mass is 9.98. The molecule has 1 fully saturated rings. The van der Waals surface area contributed by atoms with Gasteiger partial charge in [-0.25, -0.2) is 4.39 Å². The van der Waals surface area contributed by atoms with Crippen LogP contribution in [0.4, 0.5) is 4.39 Å². The Morgan fingerprint density at radius 2 is 2.26 bits per heavy atom. The molecular weight excluding hydrogens is 307 g/mol. The van der Waals surface area contributed by atoms with Crippen LogP contribution in [-0.4, -0.2) is 31.1 Å². The summed E-state index contributed by atoms with van der Waals surface area (Å²) in [4.78, 5) is 2.44. The van der Waals surface area contributed by atoms with E-state index in [9.17, 15) is 4.39 Å². The van der Waals surface area contributed by atoms with Gasteiger partial charge in [-0.05, 0) is 57.6 Å². The maximum atomic E-state index is 13.8. The van der Waals surface area contributed by atoms with Crippen molar-refractivity contribution in [3.8, 4) is 0 Å². The van der Waals surface area contributed by atoms with Gasteiger partial charge >= 0.3 is 0 Å². The zero-order valence-corrected chi connectivity index (χ0v) is 13.0. The van der Waals surface area contributed by atoms with E-state index in [1.165, 1.54) is 19.3 Å². The van der Waals surface area contributed by atoms with Gasteiger partial charge in [-0.15, -0.1) is 0 Å². The molecule has 1 unspecified atom stereocenters. The summed E-state index contributed by atoms with van der Waals surface area (Å²) in [5.74, 6) is -0.0962. The van der Waals surface area contributed by atoms with Gasteiger partial charge in [0.05, 0.1) is 0 Å². The number of halogens is 2. The molecule has 1 aromatic rings. The minimum Gasteiger partial charge on any atom is -0.320 e. The highest BCUT2D eigenvalue weighted by Crippen LogP contribution is 2.24. The number of hydrogen-bond acceptors (Lipinski definition) is 2. The van der Waals surface area contributed by atoms with E-state index in [2.05, 4.69) is 26.1 Å². The van der Waals surface area contributed by atoms with Crippen molar-refractivity contribution in [3.63, 3.8) is 0 Å². The van der Waals surface area contributed by atoms with E-state index >= 15 is 0 Å². The summed E-state index contributed by atoms with van der Waals surface area (Å²) in [5.41, 5.74) is 0.797. The fraction of sp³-hybridized carbons (Fsp3) is 0.600. The molecule has 0 aliphatic carbocycles. The first-order chi connectivity index (χ1) is 9.20. The van der Waals surface area contributed by atoms with E-state index in [0.717, 1.165) is 36.1 Å². The largest absolute Gasteiger partial charge is 0.320 e. The van der Waals surface area contributed by atoms with Crippen LogP contribution in [0.15, 0.2) is 22.7 Å². The van der Waals surface area contributed by atoms with Crippen molar-refractivity contribution in [2.24, 2.45) is 0 Å². The Morgan fingerprint density at radius 3 is 3.05 bits per heavy atom. The van der Waals surface area contributed by atoms with Gasteiger partial charge in [0.1, 0.15) is 5.82 Å². The summed E-state index contributed by atoms with van der Waals surface area (Å²) in [6.07, 6.45) is 4.90. The van der Waals surface area contributed by atoms with Crippen LogP contribution in [-0.2, 0) is 6.54 Å². The molecule has 0 spiro atoms. The van der Waals surface area contributed by atoms with Gasteiger partial charge in [-0.2, -0.15) is 0 Å². The van der Waals surface area contributed by atoms with Gasteiger partial charge in [0.2, 0.25) is 0 Å². The highest BCUT2D eigenvalue weighted by molar-refractivity contribution is 9.10. The Hall–Kier alpha value is -0.450. The number of likely N-dealkylation sites (tertiary alicyclic amines) is 1. The van der Waals surface area contributed by atoms with Crippen LogP contribution in [0.25, 0.3) is 0 Å². The fourth-order valence-electron chi connectivity index (χ4n) is 2.79.